The van der Waals surface area contributed by atoms with E-state index in [1.165, 1.54) is 5.56 Å². The molecule has 1 aliphatic rings. The molecule has 2 heteroatoms. The molecule has 2 aromatic rings. The average molecular weight is 237 g/mol. The molecule has 0 heterocycles. The molecule has 2 nitrogen and oxygen atoms in total. The minimum Gasteiger partial charge on any atom is -0.326 e. The van der Waals surface area contributed by atoms with Gasteiger partial charge in [-0.2, -0.15) is 0 Å². The van der Waals surface area contributed by atoms with Crippen molar-refractivity contribution in [1.82, 2.24) is 0 Å². The van der Waals surface area contributed by atoms with Gasteiger partial charge in [0.15, 0.2) is 0 Å². The largest absolute Gasteiger partial charge is 0.326 e. The fourth-order valence-electron chi connectivity index (χ4n) is 2.31. The second-order valence-electron chi connectivity index (χ2n) is 4.71. The highest BCUT2D eigenvalue weighted by Gasteiger charge is 2.43. The molecule has 90 valence electrons. The molecule has 0 unspecified atom stereocenters. The van der Waals surface area contributed by atoms with Crippen molar-refractivity contribution in [2.75, 3.05) is 5.32 Å². The van der Waals surface area contributed by atoms with Gasteiger partial charge in [-0.15, -0.1) is 0 Å². The van der Waals surface area contributed by atoms with Crippen LogP contribution in [0.25, 0.3) is 0 Å². The third-order valence-corrected chi connectivity index (χ3v) is 3.40. The monoisotopic (exact) mass is 237 g/mol. The molecule has 1 N–H and O–H groups in total. The van der Waals surface area contributed by atoms with E-state index in [0.29, 0.717) is 5.92 Å². The van der Waals surface area contributed by atoms with Gasteiger partial charge in [0.1, 0.15) is 0 Å². The standard InChI is InChI=1S/C16H15NO/c18-16(17-13-9-5-2-6-10-13)15-11-14(15)12-7-3-1-4-8-12/h1-10,14-15H,11H2,(H,17,18)/t14-,15+/m0/s1. The fourth-order valence-corrected chi connectivity index (χ4v) is 2.31. The number of hydrogen-bond acceptors (Lipinski definition) is 1. The van der Waals surface area contributed by atoms with E-state index >= 15 is 0 Å². The fraction of sp³-hybridized carbons (Fsp3) is 0.188. The third kappa shape index (κ3) is 2.28. The molecule has 0 aliphatic heterocycles. The summed E-state index contributed by atoms with van der Waals surface area (Å²) in [5, 5.41) is 2.96. The first kappa shape index (κ1) is 11.0. The van der Waals surface area contributed by atoms with Crippen LogP contribution in [0, 0.1) is 5.92 Å². The first-order valence-electron chi connectivity index (χ1n) is 6.25. The molecular weight excluding hydrogens is 222 g/mol. The summed E-state index contributed by atoms with van der Waals surface area (Å²) in [6.07, 6.45) is 0.961. The zero-order chi connectivity index (χ0) is 12.4. The summed E-state index contributed by atoms with van der Waals surface area (Å²) in [6.45, 7) is 0. The van der Waals surface area contributed by atoms with Gasteiger partial charge < -0.3 is 5.32 Å². The Morgan fingerprint density at radius 3 is 2.22 bits per heavy atom. The Morgan fingerprint density at radius 2 is 1.56 bits per heavy atom. The van der Waals surface area contributed by atoms with Crippen molar-refractivity contribution in [3.8, 4) is 0 Å². The molecule has 1 fully saturated rings. The molecule has 1 aliphatic carbocycles. The van der Waals surface area contributed by atoms with Gasteiger partial charge >= 0.3 is 0 Å². The number of benzene rings is 2. The van der Waals surface area contributed by atoms with Crippen molar-refractivity contribution in [3.63, 3.8) is 0 Å². The summed E-state index contributed by atoms with van der Waals surface area (Å²) in [6, 6.07) is 19.9. The van der Waals surface area contributed by atoms with Crippen molar-refractivity contribution in [2.24, 2.45) is 5.92 Å². The van der Waals surface area contributed by atoms with Crippen LogP contribution in [0.3, 0.4) is 0 Å². The smallest absolute Gasteiger partial charge is 0.228 e. The minimum absolute atomic E-state index is 0.132. The molecule has 0 bridgehead atoms. The summed E-state index contributed by atoms with van der Waals surface area (Å²) in [5.74, 6) is 0.664. The molecule has 1 amide bonds. The second kappa shape index (κ2) is 4.65. The van der Waals surface area contributed by atoms with Crippen molar-refractivity contribution in [2.45, 2.75) is 12.3 Å². The normalized spacial score (nSPS) is 21.3. The number of carbonyl (C=O) groups excluding carboxylic acids is 1. The molecule has 18 heavy (non-hydrogen) atoms. The van der Waals surface area contributed by atoms with E-state index in [-0.39, 0.29) is 11.8 Å². The van der Waals surface area contributed by atoms with E-state index in [1.54, 1.807) is 0 Å². The molecule has 0 spiro atoms. The number of anilines is 1. The number of hydrogen-bond donors (Lipinski definition) is 1. The summed E-state index contributed by atoms with van der Waals surface area (Å²) in [7, 11) is 0. The summed E-state index contributed by atoms with van der Waals surface area (Å²) in [4.78, 5) is 12.0. The third-order valence-electron chi connectivity index (χ3n) is 3.40. The van der Waals surface area contributed by atoms with Crippen LogP contribution >= 0.6 is 0 Å². The molecular formula is C16H15NO. The SMILES string of the molecule is O=C(Nc1ccccc1)[C@@H]1C[C@H]1c1ccccc1. The van der Waals surface area contributed by atoms with Crippen LogP contribution in [0.5, 0.6) is 0 Å². The number of carbonyl (C=O) groups is 1. The number of para-hydroxylation sites is 1. The van der Waals surface area contributed by atoms with Gasteiger partial charge in [-0.3, -0.25) is 4.79 Å². The Balaban J connectivity index is 1.63. The average Bonchev–Trinajstić information content (AvgIpc) is 3.21. The predicted molar refractivity (Wildman–Crippen MR) is 72.4 cm³/mol. The van der Waals surface area contributed by atoms with Crippen molar-refractivity contribution in [1.29, 1.82) is 0 Å². The lowest BCUT2D eigenvalue weighted by atomic mass is 10.1. The second-order valence-corrected chi connectivity index (χ2v) is 4.71. The van der Waals surface area contributed by atoms with Gasteiger partial charge in [-0.25, -0.2) is 0 Å². The van der Waals surface area contributed by atoms with Crippen molar-refractivity contribution in [3.05, 3.63) is 66.2 Å². The Kier molecular flexibility index (Phi) is 2.85. The summed E-state index contributed by atoms with van der Waals surface area (Å²) < 4.78 is 0. The maximum absolute atomic E-state index is 12.0. The van der Waals surface area contributed by atoms with Gasteiger partial charge in [0, 0.05) is 11.6 Å². The lowest BCUT2D eigenvalue weighted by Gasteiger charge is -2.04. The first-order chi connectivity index (χ1) is 8.84. The number of nitrogens with one attached hydrogen (secondary N) is 1. The quantitative estimate of drug-likeness (QED) is 0.870. The molecule has 1 saturated carbocycles. The van der Waals surface area contributed by atoms with Crippen LogP contribution in [-0.2, 0) is 4.79 Å². The van der Waals surface area contributed by atoms with Gasteiger partial charge in [0.25, 0.3) is 0 Å². The molecule has 2 aromatic carbocycles. The lowest BCUT2D eigenvalue weighted by Crippen LogP contribution is -2.14. The predicted octanol–water partition coefficient (Wildman–Crippen LogP) is 3.43. The zero-order valence-electron chi connectivity index (χ0n) is 10.0. The van der Waals surface area contributed by atoms with E-state index in [1.807, 2.05) is 48.5 Å². The van der Waals surface area contributed by atoms with E-state index in [9.17, 15) is 4.79 Å². The van der Waals surface area contributed by atoms with Gasteiger partial charge in [-0.05, 0) is 30.0 Å². The van der Waals surface area contributed by atoms with Crippen molar-refractivity contribution < 1.29 is 4.79 Å². The maximum atomic E-state index is 12.0. The van der Waals surface area contributed by atoms with E-state index in [2.05, 4.69) is 17.4 Å². The van der Waals surface area contributed by atoms with Crippen LogP contribution in [0.1, 0.15) is 17.9 Å². The Morgan fingerprint density at radius 1 is 0.944 bits per heavy atom. The Hall–Kier alpha value is -2.09. The van der Waals surface area contributed by atoms with Crippen LogP contribution < -0.4 is 5.32 Å². The van der Waals surface area contributed by atoms with E-state index < -0.39 is 0 Å². The highest BCUT2D eigenvalue weighted by atomic mass is 16.2. The van der Waals surface area contributed by atoms with Crippen LogP contribution in [0.2, 0.25) is 0 Å². The highest BCUT2D eigenvalue weighted by Crippen LogP contribution is 2.47. The van der Waals surface area contributed by atoms with Gasteiger partial charge in [-0.1, -0.05) is 48.5 Å². The van der Waals surface area contributed by atoms with E-state index in [4.69, 9.17) is 0 Å². The lowest BCUT2D eigenvalue weighted by molar-refractivity contribution is -0.117. The number of rotatable bonds is 3. The Bertz CT molecular complexity index is 536. The van der Waals surface area contributed by atoms with Gasteiger partial charge in [0.2, 0.25) is 5.91 Å². The molecule has 3 rings (SSSR count). The van der Waals surface area contributed by atoms with Gasteiger partial charge in [0.05, 0.1) is 0 Å². The minimum atomic E-state index is 0.132. The molecule has 0 radical (unpaired) electrons. The zero-order valence-corrected chi connectivity index (χ0v) is 10.0. The van der Waals surface area contributed by atoms with Crippen molar-refractivity contribution >= 4 is 11.6 Å². The molecule has 2 atom stereocenters. The summed E-state index contributed by atoms with van der Waals surface area (Å²) in [5.41, 5.74) is 2.15. The topological polar surface area (TPSA) is 29.1 Å². The van der Waals surface area contributed by atoms with Crippen LogP contribution in [0.4, 0.5) is 5.69 Å². The summed E-state index contributed by atoms with van der Waals surface area (Å²) >= 11 is 0. The van der Waals surface area contributed by atoms with Crippen LogP contribution in [-0.4, -0.2) is 5.91 Å². The molecule has 0 aromatic heterocycles. The maximum Gasteiger partial charge on any atom is 0.228 e. The highest BCUT2D eigenvalue weighted by molar-refractivity contribution is 5.95. The number of amides is 1. The van der Waals surface area contributed by atoms with E-state index in [0.717, 1.165) is 12.1 Å². The van der Waals surface area contributed by atoms with Crippen LogP contribution in [0.15, 0.2) is 60.7 Å². The first-order valence-corrected chi connectivity index (χ1v) is 6.25. The Labute approximate surface area is 107 Å². The molecule has 0 saturated heterocycles.